The molecule has 4 aromatic rings. The summed E-state index contributed by atoms with van der Waals surface area (Å²) in [7, 11) is 0. The van der Waals surface area contributed by atoms with E-state index in [4.69, 9.17) is 23.2 Å². The molecule has 2 heterocycles. The lowest BCUT2D eigenvalue weighted by molar-refractivity contribution is 0.0711. The Hall–Kier alpha value is -2.75. The number of carbonyl (C=O) groups excluding carboxylic acids is 1. The molecule has 150 valence electrons. The molecule has 0 N–H and O–H groups in total. The van der Waals surface area contributed by atoms with E-state index in [0.717, 1.165) is 40.6 Å². The van der Waals surface area contributed by atoms with Gasteiger partial charge in [-0.15, -0.1) is 0 Å². The maximum Gasteiger partial charge on any atom is 0.255 e. The lowest BCUT2D eigenvalue weighted by Gasteiger charge is -2.31. The zero-order valence-corrected chi connectivity index (χ0v) is 17.8. The lowest BCUT2D eigenvalue weighted by Crippen LogP contribution is -2.36. The molecule has 1 atom stereocenters. The molecule has 1 aliphatic heterocycles. The van der Waals surface area contributed by atoms with Crippen molar-refractivity contribution in [3.05, 3.63) is 106 Å². The Morgan fingerprint density at radius 1 is 0.867 bits per heavy atom. The molecular weight excluding hydrogens is 415 g/mol. The number of aryl methyl sites for hydroxylation is 1. The third kappa shape index (κ3) is 3.28. The third-order valence-corrected chi connectivity index (χ3v) is 6.53. The molecule has 0 saturated carbocycles. The number of benzene rings is 3. The van der Waals surface area contributed by atoms with Gasteiger partial charge < -0.3 is 9.47 Å². The molecule has 0 bridgehead atoms. The standard InChI is InChI=1S/C25H20Cl2N2O/c26-21-12-11-18(16-22(21)27)24-23-10-4-13-28(23)14-5-15-29(24)25(30)20-9-3-7-17-6-1-2-8-19(17)20/h1-4,6-13,16,24H,5,14-15H2. The van der Waals surface area contributed by atoms with Crippen LogP contribution in [0.2, 0.25) is 10.0 Å². The Balaban J connectivity index is 1.66. The van der Waals surface area contributed by atoms with Gasteiger partial charge in [-0.1, -0.05) is 65.7 Å². The van der Waals surface area contributed by atoms with Gasteiger partial charge in [0, 0.05) is 30.5 Å². The van der Waals surface area contributed by atoms with E-state index in [-0.39, 0.29) is 11.9 Å². The van der Waals surface area contributed by atoms with Crippen molar-refractivity contribution in [3.63, 3.8) is 0 Å². The molecule has 5 heteroatoms. The zero-order valence-electron chi connectivity index (χ0n) is 16.3. The van der Waals surface area contributed by atoms with E-state index in [1.807, 2.05) is 65.6 Å². The first kappa shape index (κ1) is 19.2. The summed E-state index contributed by atoms with van der Waals surface area (Å²) in [6.07, 6.45) is 2.96. The van der Waals surface area contributed by atoms with Crippen molar-refractivity contribution >= 4 is 39.9 Å². The maximum atomic E-state index is 13.9. The number of carbonyl (C=O) groups is 1. The molecule has 3 aromatic carbocycles. The number of rotatable bonds is 2. The van der Waals surface area contributed by atoms with Gasteiger partial charge in [-0.25, -0.2) is 0 Å². The fraction of sp³-hybridized carbons (Fsp3) is 0.160. The Morgan fingerprint density at radius 3 is 2.57 bits per heavy atom. The Bertz CT molecular complexity index is 1240. The largest absolute Gasteiger partial charge is 0.349 e. The molecule has 0 saturated heterocycles. The van der Waals surface area contributed by atoms with Crippen LogP contribution in [0.1, 0.15) is 34.1 Å². The summed E-state index contributed by atoms with van der Waals surface area (Å²) in [4.78, 5) is 15.9. The van der Waals surface area contributed by atoms with E-state index in [9.17, 15) is 4.79 Å². The highest BCUT2D eigenvalue weighted by molar-refractivity contribution is 6.42. The Labute approximate surface area is 185 Å². The van der Waals surface area contributed by atoms with Crippen LogP contribution in [0.3, 0.4) is 0 Å². The molecule has 30 heavy (non-hydrogen) atoms. The first-order chi connectivity index (χ1) is 14.6. The highest BCUT2D eigenvalue weighted by atomic mass is 35.5. The van der Waals surface area contributed by atoms with E-state index < -0.39 is 0 Å². The molecule has 1 unspecified atom stereocenters. The van der Waals surface area contributed by atoms with Crippen LogP contribution in [-0.4, -0.2) is 21.9 Å². The first-order valence-corrected chi connectivity index (χ1v) is 10.8. The van der Waals surface area contributed by atoms with E-state index in [1.54, 1.807) is 6.07 Å². The zero-order chi connectivity index (χ0) is 20.7. The monoisotopic (exact) mass is 434 g/mol. The smallest absolute Gasteiger partial charge is 0.255 e. The van der Waals surface area contributed by atoms with Gasteiger partial charge in [0.15, 0.2) is 0 Å². The normalized spacial score (nSPS) is 16.3. The van der Waals surface area contributed by atoms with Gasteiger partial charge >= 0.3 is 0 Å². The topological polar surface area (TPSA) is 25.2 Å². The van der Waals surface area contributed by atoms with Gasteiger partial charge in [0.05, 0.1) is 16.1 Å². The summed E-state index contributed by atoms with van der Waals surface area (Å²) in [6.45, 7) is 1.54. The van der Waals surface area contributed by atoms with Gasteiger partial charge in [0.25, 0.3) is 5.91 Å². The van der Waals surface area contributed by atoms with Crippen LogP contribution in [0.25, 0.3) is 10.8 Å². The fourth-order valence-corrected chi connectivity index (χ4v) is 4.70. The van der Waals surface area contributed by atoms with E-state index in [2.05, 4.69) is 16.8 Å². The van der Waals surface area contributed by atoms with E-state index >= 15 is 0 Å². The van der Waals surface area contributed by atoms with Gasteiger partial charge in [-0.3, -0.25) is 4.79 Å². The summed E-state index contributed by atoms with van der Waals surface area (Å²) in [6, 6.07) is 23.5. The average molecular weight is 435 g/mol. The van der Waals surface area contributed by atoms with Crippen molar-refractivity contribution in [2.45, 2.75) is 19.0 Å². The van der Waals surface area contributed by atoms with Crippen LogP contribution in [0.5, 0.6) is 0 Å². The van der Waals surface area contributed by atoms with Crippen molar-refractivity contribution in [1.29, 1.82) is 0 Å². The van der Waals surface area contributed by atoms with Crippen LogP contribution in [0.4, 0.5) is 0 Å². The number of amides is 1. The van der Waals surface area contributed by atoms with E-state index in [1.165, 1.54) is 0 Å². The predicted molar refractivity (Wildman–Crippen MR) is 122 cm³/mol. The Morgan fingerprint density at radius 2 is 1.70 bits per heavy atom. The minimum Gasteiger partial charge on any atom is -0.349 e. The summed E-state index contributed by atoms with van der Waals surface area (Å²) in [5.74, 6) is 0.0255. The first-order valence-electron chi connectivity index (χ1n) is 10.0. The molecule has 5 rings (SSSR count). The van der Waals surface area contributed by atoms with Gasteiger partial charge in [-0.05, 0) is 53.1 Å². The number of hydrogen-bond donors (Lipinski definition) is 0. The summed E-state index contributed by atoms with van der Waals surface area (Å²) in [5.41, 5.74) is 2.76. The van der Waals surface area contributed by atoms with Crippen LogP contribution in [-0.2, 0) is 6.54 Å². The molecule has 1 amide bonds. The van der Waals surface area contributed by atoms with Crippen molar-refractivity contribution in [2.75, 3.05) is 6.54 Å². The number of aromatic nitrogens is 1. The molecule has 3 nitrogen and oxygen atoms in total. The molecular formula is C25H20Cl2N2O. The maximum absolute atomic E-state index is 13.9. The molecule has 0 radical (unpaired) electrons. The van der Waals surface area contributed by atoms with Crippen LogP contribution < -0.4 is 0 Å². The van der Waals surface area contributed by atoms with Crippen LogP contribution in [0.15, 0.2) is 79.0 Å². The van der Waals surface area contributed by atoms with Crippen molar-refractivity contribution in [2.24, 2.45) is 0 Å². The highest BCUT2D eigenvalue weighted by Crippen LogP contribution is 2.36. The van der Waals surface area contributed by atoms with Gasteiger partial charge in [-0.2, -0.15) is 0 Å². The molecule has 0 fully saturated rings. The number of fused-ring (bicyclic) bond motifs is 2. The minimum absolute atomic E-state index is 0.0255. The third-order valence-electron chi connectivity index (χ3n) is 5.79. The highest BCUT2D eigenvalue weighted by Gasteiger charge is 2.32. The van der Waals surface area contributed by atoms with E-state index in [0.29, 0.717) is 16.6 Å². The number of halogens is 2. The quantitative estimate of drug-likeness (QED) is 0.349. The molecule has 0 aliphatic carbocycles. The van der Waals surface area contributed by atoms with Crippen molar-refractivity contribution < 1.29 is 4.79 Å². The number of hydrogen-bond acceptors (Lipinski definition) is 1. The second kappa shape index (κ2) is 7.82. The summed E-state index contributed by atoms with van der Waals surface area (Å²) in [5, 5.41) is 3.04. The fourth-order valence-electron chi connectivity index (χ4n) is 4.40. The van der Waals surface area contributed by atoms with Crippen molar-refractivity contribution in [1.82, 2.24) is 9.47 Å². The van der Waals surface area contributed by atoms with Crippen molar-refractivity contribution in [3.8, 4) is 0 Å². The number of nitrogens with zero attached hydrogens (tertiary/aromatic N) is 2. The lowest BCUT2D eigenvalue weighted by atomic mass is 9.99. The molecule has 1 aromatic heterocycles. The minimum atomic E-state index is -0.233. The SMILES string of the molecule is O=C(c1cccc2ccccc12)N1CCCn2cccc2C1c1ccc(Cl)c(Cl)c1. The van der Waals surface area contributed by atoms with Gasteiger partial charge in [0.2, 0.25) is 0 Å². The summed E-state index contributed by atoms with van der Waals surface area (Å²) < 4.78 is 2.23. The second-order valence-electron chi connectivity index (χ2n) is 7.58. The summed E-state index contributed by atoms with van der Waals surface area (Å²) >= 11 is 12.5. The predicted octanol–water partition coefficient (Wildman–Crippen LogP) is 6.58. The Kier molecular flexibility index (Phi) is 5.01. The van der Waals surface area contributed by atoms with Crippen LogP contribution >= 0.6 is 23.2 Å². The molecule has 0 spiro atoms. The van der Waals surface area contributed by atoms with Crippen LogP contribution in [0, 0.1) is 0 Å². The second-order valence-corrected chi connectivity index (χ2v) is 8.40. The average Bonchev–Trinajstić information content (AvgIpc) is 3.15. The molecule has 1 aliphatic rings. The van der Waals surface area contributed by atoms with Gasteiger partial charge in [0.1, 0.15) is 0 Å².